The second-order valence-electron chi connectivity index (χ2n) is 4.83. The number of rotatable bonds is 6. The standard InChI is InChI=1S/C10H6F6O10/c11-9(12,13)25-7(5(21)22)1(3(17)18)8(6(23)24,2(7)4(19)20)26-10(14,15)16/h1-2H,(H,17,18)(H,19,20)(H,21,22)(H,23,24). The van der Waals surface area contributed by atoms with E-state index in [0.29, 0.717) is 0 Å². The van der Waals surface area contributed by atoms with Gasteiger partial charge in [0.25, 0.3) is 0 Å². The summed E-state index contributed by atoms with van der Waals surface area (Å²) in [6, 6.07) is 0. The molecule has 4 N–H and O–H groups in total. The number of carbonyl (C=O) groups is 4. The maximum Gasteiger partial charge on any atom is 0.523 e. The van der Waals surface area contributed by atoms with E-state index in [-0.39, 0.29) is 0 Å². The maximum atomic E-state index is 12.5. The van der Waals surface area contributed by atoms with Crippen molar-refractivity contribution in [3.8, 4) is 0 Å². The third-order valence-corrected chi connectivity index (χ3v) is 3.45. The van der Waals surface area contributed by atoms with E-state index in [2.05, 4.69) is 9.47 Å². The molecule has 26 heavy (non-hydrogen) atoms. The first-order valence-electron chi connectivity index (χ1n) is 5.89. The summed E-state index contributed by atoms with van der Waals surface area (Å²) in [5, 5.41) is 35.6. The Morgan fingerprint density at radius 3 is 1.00 bits per heavy atom. The number of carboxylic acids is 4. The first kappa shape index (κ1) is 21.4. The summed E-state index contributed by atoms with van der Waals surface area (Å²) in [7, 11) is 0. The second-order valence-corrected chi connectivity index (χ2v) is 4.83. The lowest BCUT2D eigenvalue weighted by Crippen LogP contribution is -2.85. The molecule has 1 aliphatic rings. The monoisotopic (exact) mass is 400 g/mol. The van der Waals surface area contributed by atoms with Gasteiger partial charge in [0, 0.05) is 0 Å². The van der Waals surface area contributed by atoms with Crippen LogP contribution in [0.15, 0.2) is 0 Å². The van der Waals surface area contributed by atoms with Crippen molar-refractivity contribution in [2.24, 2.45) is 11.8 Å². The van der Waals surface area contributed by atoms with Gasteiger partial charge in [-0.25, -0.2) is 9.59 Å². The molecule has 0 aromatic rings. The van der Waals surface area contributed by atoms with Crippen LogP contribution in [0.2, 0.25) is 0 Å². The SMILES string of the molecule is O=C(O)C1C(OC(F)(F)F)(C(=O)O)C(C(=O)O)C1(OC(F)(F)F)C(=O)O. The van der Waals surface area contributed by atoms with Gasteiger partial charge >= 0.3 is 36.6 Å². The van der Waals surface area contributed by atoms with Crippen molar-refractivity contribution in [3.63, 3.8) is 0 Å². The molecule has 148 valence electrons. The van der Waals surface area contributed by atoms with Crippen LogP contribution in [0.1, 0.15) is 0 Å². The molecular weight excluding hydrogens is 394 g/mol. The zero-order chi connectivity index (χ0) is 20.9. The van der Waals surface area contributed by atoms with Crippen molar-refractivity contribution >= 4 is 23.9 Å². The molecule has 0 unspecified atom stereocenters. The van der Waals surface area contributed by atoms with E-state index >= 15 is 0 Å². The van der Waals surface area contributed by atoms with Crippen molar-refractivity contribution in [1.29, 1.82) is 0 Å². The molecule has 10 nitrogen and oxygen atoms in total. The average molecular weight is 400 g/mol. The molecule has 16 heteroatoms. The second kappa shape index (κ2) is 5.97. The van der Waals surface area contributed by atoms with Crippen molar-refractivity contribution < 1.29 is 75.4 Å². The van der Waals surface area contributed by atoms with E-state index in [1.54, 1.807) is 0 Å². The summed E-state index contributed by atoms with van der Waals surface area (Å²) in [6.45, 7) is 0. The van der Waals surface area contributed by atoms with Crippen molar-refractivity contribution in [2.75, 3.05) is 0 Å². The topological polar surface area (TPSA) is 168 Å². The Bertz CT molecular complexity index is 588. The van der Waals surface area contributed by atoms with Crippen LogP contribution < -0.4 is 0 Å². The first-order valence-corrected chi connectivity index (χ1v) is 5.89. The normalized spacial score (nSPS) is 31.8. The molecule has 0 saturated heterocycles. The van der Waals surface area contributed by atoms with E-state index in [1.165, 1.54) is 0 Å². The Kier molecular flexibility index (Phi) is 4.92. The summed E-state index contributed by atoms with van der Waals surface area (Å²) in [5.41, 5.74) is -8.89. The molecule has 1 fully saturated rings. The van der Waals surface area contributed by atoms with Crippen molar-refractivity contribution in [3.05, 3.63) is 0 Å². The van der Waals surface area contributed by atoms with Gasteiger partial charge in [-0.1, -0.05) is 0 Å². The highest BCUT2D eigenvalue weighted by atomic mass is 19.4. The van der Waals surface area contributed by atoms with Gasteiger partial charge in [0.05, 0.1) is 0 Å². The van der Waals surface area contributed by atoms with Gasteiger partial charge in [-0.2, -0.15) is 0 Å². The summed E-state index contributed by atoms with van der Waals surface area (Å²) in [5.74, 6) is -19.1. The van der Waals surface area contributed by atoms with Crippen LogP contribution in [0, 0.1) is 11.8 Å². The molecule has 0 bridgehead atoms. The third kappa shape index (κ3) is 3.12. The average Bonchev–Trinajstić information content (AvgIpc) is 2.30. The van der Waals surface area contributed by atoms with E-state index in [0.717, 1.165) is 0 Å². The summed E-state index contributed by atoms with van der Waals surface area (Å²) in [4.78, 5) is 44.7. The number of hydrogen-bond donors (Lipinski definition) is 4. The molecule has 1 rings (SSSR count). The van der Waals surface area contributed by atoms with Crippen LogP contribution in [0.5, 0.6) is 0 Å². The largest absolute Gasteiger partial charge is 0.523 e. The zero-order valence-electron chi connectivity index (χ0n) is 11.7. The summed E-state index contributed by atoms with van der Waals surface area (Å²) >= 11 is 0. The van der Waals surface area contributed by atoms with Crippen LogP contribution in [-0.4, -0.2) is 68.2 Å². The van der Waals surface area contributed by atoms with Crippen molar-refractivity contribution in [2.45, 2.75) is 23.9 Å². The minimum atomic E-state index is -6.05. The van der Waals surface area contributed by atoms with E-state index in [4.69, 9.17) is 20.4 Å². The predicted molar refractivity (Wildman–Crippen MR) is 57.3 cm³/mol. The van der Waals surface area contributed by atoms with Gasteiger partial charge < -0.3 is 20.4 Å². The first-order chi connectivity index (χ1) is 11.4. The molecule has 0 amide bonds. The van der Waals surface area contributed by atoms with Crippen LogP contribution in [0.4, 0.5) is 26.3 Å². The minimum absolute atomic E-state index is 2.85. The highest BCUT2D eigenvalue weighted by Gasteiger charge is 2.88. The number of ether oxygens (including phenoxy) is 2. The fourth-order valence-electron chi connectivity index (χ4n) is 2.81. The molecular formula is C10H6F6O10. The van der Waals surface area contributed by atoms with Crippen LogP contribution in [0.25, 0.3) is 0 Å². The number of alkyl halides is 6. The molecule has 0 atom stereocenters. The number of hydrogen-bond acceptors (Lipinski definition) is 6. The van der Waals surface area contributed by atoms with Crippen LogP contribution in [-0.2, 0) is 28.7 Å². The van der Waals surface area contributed by atoms with Crippen LogP contribution in [0.3, 0.4) is 0 Å². The minimum Gasteiger partial charge on any atom is -0.481 e. The van der Waals surface area contributed by atoms with E-state index < -0.39 is 59.6 Å². The van der Waals surface area contributed by atoms with E-state index in [9.17, 15) is 45.5 Å². The smallest absolute Gasteiger partial charge is 0.481 e. The van der Waals surface area contributed by atoms with Gasteiger partial charge in [0.1, 0.15) is 11.8 Å². The lowest BCUT2D eigenvalue weighted by Gasteiger charge is -2.57. The molecule has 1 saturated carbocycles. The Hall–Kier alpha value is -2.62. The lowest BCUT2D eigenvalue weighted by atomic mass is 9.49. The Balaban J connectivity index is 3.83. The molecule has 0 heterocycles. The molecule has 0 aliphatic heterocycles. The highest BCUT2D eigenvalue weighted by Crippen LogP contribution is 2.60. The Morgan fingerprint density at radius 2 is 0.885 bits per heavy atom. The Morgan fingerprint density at radius 1 is 0.654 bits per heavy atom. The Labute approximate surface area is 136 Å². The molecule has 0 spiro atoms. The molecule has 0 aromatic heterocycles. The number of aliphatic carboxylic acids is 4. The molecule has 0 radical (unpaired) electrons. The number of halogens is 6. The molecule has 1 aliphatic carbocycles. The van der Waals surface area contributed by atoms with Crippen molar-refractivity contribution in [1.82, 2.24) is 0 Å². The quantitative estimate of drug-likeness (QED) is 0.450. The van der Waals surface area contributed by atoms with Gasteiger partial charge in [0.15, 0.2) is 0 Å². The lowest BCUT2D eigenvalue weighted by molar-refractivity contribution is -0.446. The van der Waals surface area contributed by atoms with Crippen LogP contribution >= 0.6 is 0 Å². The van der Waals surface area contributed by atoms with E-state index in [1.807, 2.05) is 0 Å². The summed E-state index contributed by atoms with van der Waals surface area (Å²) in [6.07, 6.45) is -12.1. The highest BCUT2D eigenvalue weighted by molar-refractivity contribution is 6.04. The zero-order valence-corrected chi connectivity index (χ0v) is 11.7. The van der Waals surface area contributed by atoms with Gasteiger partial charge in [-0.3, -0.25) is 19.1 Å². The van der Waals surface area contributed by atoms with Gasteiger partial charge in [0.2, 0.25) is 11.2 Å². The maximum absolute atomic E-state index is 12.5. The number of carboxylic acid groups (broad SMARTS) is 4. The summed E-state index contributed by atoms with van der Waals surface area (Å²) < 4.78 is 81.1. The fourth-order valence-corrected chi connectivity index (χ4v) is 2.81. The fraction of sp³-hybridized carbons (Fsp3) is 0.600. The van der Waals surface area contributed by atoms with Gasteiger partial charge in [-0.15, -0.1) is 26.3 Å². The third-order valence-electron chi connectivity index (χ3n) is 3.45. The molecule has 0 aromatic carbocycles. The van der Waals surface area contributed by atoms with Gasteiger partial charge in [-0.05, 0) is 0 Å². The predicted octanol–water partition coefficient (Wildman–Crippen LogP) is 0.121.